The number of halogens is 2. The smallest absolute Gasteiger partial charge is 0.310 e. The number of nitrogens with one attached hydrogen (secondary N) is 1. The molecule has 0 spiro atoms. The maximum atomic E-state index is 12.2. The number of esters is 1. The molecule has 2 bridgehead atoms. The van der Waals surface area contributed by atoms with Crippen LogP contribution >= 0.6 is 11.8 Å². The topological polar surface area (TPSA) is 55.4 Å². The second kappa shape index (κ2) is 7.34. The van der Waals surface area contributed by atoms with Crippen molar-refractivity contribution in [3.05, 3.63) is 36.4 Å². The Labute approximate surface area is 142 Å². The monoisotopic (exact) mass is 353 g/mol. The molecule has 0 unspecified atom stereocenters. The molecule has 2 aliphatic rings. The first kappa shape index (κ1) is 17.0. The van der Waals surface area contributed by atoms with E-state index in [2.05, 4.69) is 17.5 Å². The molecule has 1 fully saturated rings. The second-order valence-electron chi connectivity index (χ2n) is 5.95. The van der Waals surface area contributed by atoms with Crippen molar-refractivity contribution in [3.63, 3.8) is 0 Å². The molecular weight excluding hydrogens is 336 g/mol. The average molecular weight is 353 g/mol. The van der Waals surface area contributed by atoms with Gasteiger partial charge in [0.1, 0.15) is 0 Å². The lowest BCUT2D eigenvalue weighted by Crippen LogP contribution is -2.26. The highest BCUT2D eigenvalue weighted by Crippen LogP contribution is 2.43. The molecule has 3 rings (SSSR count). The molecule has 0 radical (unpaired) electrons. The second-order valence-corrected chi connectivity index (χ2v) is 7.01. The van der Waals surface area contributed by atoms with Crippen molar-refractivity contribution in [2.45, 2.75) is 23.5 Å². The molecule has 0 saturated heterocycles. The molecule has 3 atom stereocenters. The van der Waals surface area contributed by atoms with E-state index in [1.807, 2.05) is 0 Å². The van der Waals surface area contributed by atoms with E-state index in [-0.39, 0.29) is 24.4 Å². The van der Waals surface area contributed by atoms with E-state index in [4.69, 9.17) is 4.74 Å². The van der Waals surface area contributed by atoms with E-state index < -0.39 is 11.7 Å². The molecule has 1 amide bonds. The summed E-state index contributed by atoms with van der Waals surface area (Å²) < 4.78 is 29.6. The summed E-state index contributed by atoms with van der Waals surface area (Å²) in [5.74, 6) is -2.69. The van der Waals surface area contributed by atoms with Crippen molar-refractivity contribution in [1.82, 2.24) is 0 Å². The molecule has 1 saturated carbocycles. The van der Waals surface area contributed by atoms with E-state index in [1.165, 1.54) is 24.3 Å². The molecule has 0 aromatic heterocycles. The van der Waals surface area contributed by atoms with Gasteiger partial charge in [-0.15, -0.1) is 0 Å². The quantitative estimate of drug-likeness (QED) is 0.481. The van der Waals surface area contributed by atoms with Crippen molar-refractivity contribution >= 4 is 29.3 Å². The van der Waals surface area contributed by atoms with Gasteiger partial charge < -0.3 is 10.1 Å². The Kier molecular flexibility index (Phi) is 5.18. The van der Waals surface area contributed by atoms with Gasteiger partial charge in [-0.05, 0) is 48.9 Å². The van der Waals surface area contributed by atoms with Crippen LogP contribution in [-0.2, 0) is 14.3 Å². The number of benzene rings is 1. The number of hydrogen-bond acceptors (Lipinski definition) is 4. The first-order valence-corrected chi connectivity index (χ1v) is 8.59. The van der Waals surface area contributed by atoms with Crippen LogP contribution in [0.4, 0.5) is 14.5 Å². The van der Waals surface area contributed by atoms with Crippen molar-refractivity contribution < 1.29 is 23.1 Å². The third-order valence-corrected chi connectivity index (χ3v) is 5.01. The third-order valence-electron chi connectivity index (χ3n) is 4.29. The third kappa shape index (κ3) is 4.14. The maximum absolute atomic E-state index is 12.2. The van der Waals surface area contributed by atoms with Gasteiger partial charge in [-0.25, -0.2) is 0 Å². The molecule has 1 N–H and O–H groups in total. The first-order chi connectivity index (χ1) is 11.5. The van der Waals surface area contributed by atoms with Gasteiger partial charge >= 0.3 is 5.97 Å². The minimum absolute atomic E-state index is 0.140. The lowest BCUT2D eigenvalue weighted by molar-refractivity contribution is -0.152. The largest absolute Gasteiger partial charge is 0.455 e. The Balaban J connectivity index is 1.44. The fraction of sp³-hybridized carbons (Fsp3) is 0.412. The average Bonchev–Trinajstić information content (AvgIpc) is 3.17. The lowest BCUT2D eigenvalue weighted by atomic mass is 9.94. The van der Waals surface area contributed by atoms with Crippen LogP contribution < -0.4 is 5.32 Å². The predicted octanol–water partition coefficient (Wildman–Crippen LogP) is 3.70. The SMILES string of the molecule is O=C(COC(=O)[C@@H]1C[C@@H]2C=C[C@H]1C2)Nc1ccc(SC(F)F)cc1. The van der Waals surface area contributed by atoms with E-state index >= 15 is 0 Å². The van der Waals surface area contributed by atoms with Crippen molar-refractivity contribution in [2.75, 3.05) is 11.9 Å². The van der Waals surface area contributed by atoms with Crippen LogP contribution in [0.2, 0.25) is 0 Å². The number of carbonyl (C=O) groups excluding carboxylic acids is 2. The summed E-state index contributed by atoms with van der Waals surface area (Å²) >= 11 is 0.439. The standard InChI is InChI=1S/C17H17F2NO3S/c18-17(19)24-13-5-3-12(4-6-13)20-15(21)9-23-16(22)14-8-10-1-2-11(14)7-10/h1-6,10-11,14,17H,7-9H2,(H,20,21)/t10-,11+,14-/m1/s1. The molecule has 0 aliphatic heterocycles. The van der Waals surface area contributed by atoms with Gasteiger partial charge in [-0.1, -0.05) is 23.9 Å². The van der Waals surface area contributed by atoms with Gasteiger partial charge in [-0.3, -0.25) is 9.59 Å². The summed E-state index contributed by atoms with van der Waals surface area (Å²) in [4.78, 5) is 24.3. The zero-order valence-corrected chi connectivity index (χ0v) is 13.6. The Morgan fingerprint density at radius 1 is 1.21 bits per heavy atom. The van der Waals surface area contributed by atoms with Crippen LogP contribution in [0, 0.1) is 17.8 Å². The van der Waals surface area contributed by atoms with E-state index in [0.29, 0.717) is 28.3 Å². The van der Waals surface area contributed by atoms with Crippen LogP contribution in [0.15, 0.2) is 41.3 Å². The van der Waals surface area contributed by atoms with Gasteiger partial charge in [0.05, 0.1) is 5.92 Å². The summed E-state index contributed by atoms with van der Waals surface area (Å²) in [6.45, 7) is -0.343. The number of anilines is 1. The minimum Gasteiger partial charge on any atom is -0.455 e. The van der Waals surface area contributed by atoms with Crippen LogP contribution in [0.3, 0.4) is 0 Å². The molecule has 128 valence electrons. The van der Waals surface area contributed by atoms with Gasteiger partial charge in [0.2, 0.25) is 0 Å². The molecule has 0 heterocycles. The Hall–Kier alpha value is -1.89. The fourth-order valence-corrected chi connectivity index (χ4v) is 3.71. The van der Waals surface area contributed by atoms with Crippen molar-refractivity contribution in [3.8, 4) is 0 Å². The van der Waals surface area contributed by atoms with Gasteiger partial charge in [0.15, 0.2) is 6.61 Å². The number of carbonyl (C=O) groups is 2. The maximum Gasteiger partial charge on any atom is 0.310 e. The number of rotatable bonds is 6. The Bertz CT molecular complexity index is 648. The zero-order valence-electron chi connectivity index (χ0n) is 12.8. The van der Waals surface area contributed by atoms with Gasteiger partial charge in [-0.2, -0.15) is 8.78 Å². The molecule has 4 nitrogen and oxygen atoms in total. The highest BCUT2D eigenvalue weighted by molar-refractivity contribution is 7.99. The van der Waals surface area contributed by atoms with E-state index in [1.54, 1.807) is 0 Å². The van der Waals surface area contributed by atoms with Crippen LogP contribution in [0.1, 0.15) is 12.8 Å². The molecule has 2 aliphatic carbocycles. The molecular formula is C17H17F2NO3S. The van der Waals surface area contributed by atoms with Gasteiger partial charge in [0.25, 0.3) is 11.7 Å². The number of thioether (sulfide) groups is 1. The Morgan fingerprint density at radius 3 is 2.54 bits per heavy atom. The number of hydrogen-bond donors (Lipinski definition) is 1. The van der Waals surface area contributed by atoms with Crippen molar-refractivity contribution in [1.29, 1.82) is 0 Å². The van der Waals surface area contributed by atoms with Crippen molar-refractivity contribution in [2.24, 2.45) is 17.8 Å². The lowest BCUT2D eigenvalue weighted by Gasteiger charge is -2.16. The first-order valence-electron chi connectivity index (χ1n) is 7.71. The zero-order chi connectivity index (χ0) is 17.1. The van der Waals surface area contributed by atoms with E-state index in [9.17, 15) is 18.4 Å². The van der Waals surface area contributed by atoms with E-state index in [0.717, 1.165) is 12.8 Å². The summed E-state index contributed by atoms with van der Waals surface area (Å²) in [5, 5.41) is 2.58. The predicted molar refractivity (Wildman–Crippen MR) is 86.7 cm³/mol. The normalized spacial score (nSPS) is 24.4. The highest BCUT2D eigenvalue weighted by atomic mass is 32.2. The fourth-order valence-electron chi connectivity index (χ4n) is 3.21. The van der Waals surface area contributed by atoms with Crippen LogP contribution in [-0.4, -0.2) is 24.2 Å². The number of alkyl halides is 2. The van der Waals surface area contributed by atoms with Crippen LogP contribution in [0.5, 0.6) is 0 Å². The number of amides is 1. The minimum atomic E-state index is -2.48. The summed E-state index contributed by atoms with van der Waals surface area (Å²) in [6.07, 6.45) is 5.98. The summed E-state index contributed by atoms with van der Waals surface area (Å²) in [6, 6.07) is 6.07. The number of allylic oxidation sites excluding steroid dienone is 2. The van der Waals surface area contributed by atoms with Crippen LogP contribution in [0.25, 0.3) is 0 Å². The summed E-state index contributed by atoms with van der Waals surface area (Å²) in [7, 11) is 0. The molecule has 1 aromatic carbocycles. The number of ether oxygens (including phenoxy) is 1. The number of fused-ring (bicyclic) bond motifs is 2. The molecule has 7 heteroatoms. The molecule has 1 aromatic rings. The van der Waals surface area contributed by atoms with Gasteiger partial charge in [0, 0.05) is 10.6 Å². The Morgan fingerprint density at radius 2 is 1.96 bits per heavy atom. The highest BCUT2D eigenvalue weighted by Gasteiger charge is 2.40. The summed E-state index contributed by atoms with van der Waals surface area (Å²) in [5.41, 5.74) is 0.470. The molecule has 24 heavy (non-hydrogen) atoms.